The maximum atomic E-state index is 6.44. The monoisotopic (exact) mass is 765 g/mol. The molecule has 0 spiro atoms. The van der Waals surface area contributed by atoms with Crippen LogP contribution < -0.4 is 4.90 Å². The normalized spacial score (nSPS) is 11.3. The van der Waals surface area contributed by atoms with Crippen molar-refractivity contribution in [2.75, 3.05) is 4.90 Å². The van der Waals surface area contributed by atoms with Gasteiger partial charge < -0.3 is 9.32 Å². The van der Waals surface area contributed by atoms with Crippen LogP contribution in [-0.2, 0) is 0 Å². The number of anilines is 3. The third-order valence-corrected chi connectivity index (χ3v) is 11.7. The summed E-state index contributed by atoms with van der Waals surface area (Å²) in [6.45, 7) is 0. The molecule has 1 aromatic heterocycles. The maximum absolute atomic E-state index is 6.44. The lowest BCUT2D eigenvalue weighted by molar-refractivity contribution is 0.669. The number of benzene rings is 10. The smallest absolute Gasteiger partial charge is 0.137 e. The molecule has 0 saturated heterocycles. The third kappa shape index (κ3) is 6.41. The molecule has 11 aromatic rings. The van der Waals surface area contributed by atoms with Crippen molar-refractivity contribution in [1.29, 1.82) is 0 Å². The van der Waals surface area contributed by atoms with E-state index in [4.69, 9.17) is 4.42 Å². The van der Waals surface area contributed by atoms with E-state index in [-0.39, 0.29) is 0 Å². The molecule has 0 radical (unpaired) electrons. The SMILES string of the molecule is c1ccc(-c2ccc(-c3ccccc3)c(-c3ccc(N(c4ccc(-c5ccc6ccccc6c5-c5ccccc5)cc4)c4ccc5c(c4)oc4ccccc45)cc3)c2)cc1. The van der Waals surface area contributed by atoms with E-state index in [0.29, 0.717) is 0 Å². The highest BCUT2D eigenvalue weighted by Gasteiger charge is 2.18. The van der Waals surface area contributed by atoms with Gasteiger partial charge in [0.2, 0.25) is 0 Å². The lowest BCUT2D eigenvalue weighted by Gasteiger charge is -2.26. The van der Waals surface area contributed by atoms with Gasteiger partial charge in [0.05, 0.1) is 0 Å². The van der Waals surface area contributed by atoms with E-state index < -0.39 is 0 Å². The predicted molar refractivity (Wildman–Crippen MR) is 253 cm³/mol. The van der Waals surface area contributed by atoms with Crippen molar-refractivity contribution in [2.45, 2.75) is 0 Å². The highest BCUT2D eigenvalue weighted by molar-refractivity contribution is 6.07. The van der Waals surface area contributed by atoms with Crippen LogP contribution in [0.2, 0.25) is 0 Å². The summed E-state index contributed by atoms with van der Waals surface area (Å²) in [4.78, 5) is 2.33. The number of hydrogen-bond acceptors (Lipinski definition) is 2. The van der Waals surface area contributed by atoms with Gasteiger partial charge in [0.25, 0.3) is 0 Å². The Labute approximate surface area is 349 Å². The van der Waals surface area contributed by atoms with Crippen molar-refractivity contribution in [1.82, 2.24) is 0 Å². The van der Waals surface area contributed by atoms with Crippen molar-refractivity contribution in [3.05, 3.63) is 237 Å². The van der Waals surface area contributed by atoms with Gasteiger partial charge in [0.15, 0.2) is 0 Å². The minimum Gasteiger partial charge on any atom is -0.456 e. The van der Waals surface area contributed by atoms with Gasteiger partial charge in [-0.3, -0.25) is 0 Å². The second kappa shape index (κ2) is 15.1. The lowest BCUT2D eigenvalue weighted by atomic mass is 9.89. The fourth-order valence-electron chi connectivity index (χ4n) is 8.77. The van der Waals surface area contributed by atoms with Crippen LogP contribution in [0.15, 0.2) is 241 Å². The van der Waals surface area contributed by atoms with E-state index in [0.717, 1.165) is 50.1 Å². The van der Waals surface area contributed by atoms with Gasteiger partial charge in [-0.2, -0.15) is 0 Å². The maximum Gasteiger partial charge on any atom is 0.137 e. The van der Waals surface area contributed by atoms with E-state index in [9.17, 15) is 0 Å². The van der Waals surface area contributed by atoms with Gasteiger partial charge in [0.1, 0.15) is 11.2 Å². The summed E-state index contributed by atoms with van der Waals surface area (Å²) in [7, 11) is 0. The summed E-state index contributed by atoms with van der Waals surface area (Å²) >= 11 is 0. The molecule has 0 aliphatic rings. The predicted octanol–water partition coefficient (Wildman–Crippen LogP) is 16.5. The molecule has 0 N–H and O–H groups in total. The Bertz CT molecular complexity index is 3280. The Kier molecular flexibility index (Phi) is 8.87. The van der Waals surface area contributed by atoms with E-state index in [2.05, 4.69) is 229 Å². The van der Waals surface area contributed by atoms with E-state index in [1.807, 2.05) is 12.1 Å². The average molecular weight is 766 g/mol. The molecule has 0 fully saturated rings. The number of para-hydroxylation sites is 1. The summed E-state index contributed by atoms with van der Waals surface area (Å²) in [6.07, 6.45) is 0. The first-order valence-corrected chi connectivity index (χ1v) is 20.5. The van der Waals surface area contributed by atoms with Gasteiger partial charge >= 0.3 is 0 Å². The first-order chi connectivity index (χ1) is 29.7. The van der Waals surface area contributed by atoms with Crippen LogP contribution in [0.5, 0.6) is 0 Å². The molecule has 1 heterocycles. The topological polar surface area (TPSA) is 16.4 Å². The second-order valence-electron chi connectivity index (χ2n) is 15.3. The molecule has 2 heteroatoms. The fourth-order valence-corrected chi connectivity index (χ4v) is 8.77. The minimum absolute atomic E-state index is 0.862. The number of fused-ring (bicyclic) bond motifs is 4. The zero-order valence-corrected chi connectivity index (χ0v) is 32.9. The van der Waals surface area contributed by atoms with Gasteiger partial charge in [-0.25, -0.2) is 0 Å². The average Bonchev–Trinajstić information content (AvgIpc) is 3.70. The van der Waals surface area contributed by atoms with Crippen LogP contribution in [0.1, 0.15) is 0 Å². The van der Waals surface area contributed by atoms with Crippen molar-refractivity contribution >= 4 is 49.8 Å². The number of furan rings is 1. The Morgan fingerprint density at radius 2 is 0.767 bits per heavy atom. The van der Waals surface area contributed by atoms with Gasteiger partial charge in [-0.1, -0.05) is 182 Å². The zero-order valence-electron chi connectivity index (χ0n) is 32.9. The van der Waals surface area contributed by atoms with Crippen molar-refractivity contribution < 1.29 is 4.42 Å². The summed E-state index contributed by atoms with van der Waals surface area (Å²) in [5, 5.41) is 4.71. The molecule has 2 nitrogen and oxygen atoms in total. The quantitative estimate of drug-likeness (QED) is 0.153. The highest BCUT2D eigenvalue weighted by Crippen LogP contribution is 2.43. The van der Waals surface area contributed by atoms with Gasteiger partial charge in [-0.05, 0) is 115 Å². The molecule has 0 unspecified atom stereocenters. The molecule has 282 valence electrons. The Morgan fingerprint density at radius 3 is 1.47 bits per heavy atom. The van der Waals surface area contributed by atoms with Crippen molar-refractivity contribution in [3.63, 3.8) is 0 Å². The van der Waals surface area contributed by atoms with Crippen molar-refractivity contribution in [2.24, 2.45) is 0 Å². The summed E-state index contributed by atoms with van der Waals surface area (Å²) in [5.74, 6) is 0. The lowest BCUT2D eigenvalue weighted by Crippen LogP contribution is -2.09. The standard InChI is InChI=1S/C58H39NO/c1-4-14-40(15-5-1)46-29-35-50(41-16-6-2-7-17-41)55(38-46)44-26-32-48(33-27-44)59(49-34-37-54-53-22-12-13-23-56(53)60-57(54)39-49)47-30-24-43(25-31-47)52-36-28-42-18-10-11-21-51(42)58(52)45-19-8-3-9-20-45/h1-39H. The van der Waals surface area contributed by atoms with Crippen LogP contribution in [0.25, 0.3) is 88.3 Å². The fraction of sp³-hybridized carbons (Fsp3) is 0. The first-order valence-electron chi connectivity index (χ1n) is 20.5. The molecule has 60 heavy (non-hydrogen) atoms. The Morgan fingerprint density at radius 1 is 0.267 bits per heavy atom. The Balaban J connectivity index is 1.04. The molecule has 0 aliphatic heterocycles. The molecule has 0 aliphatic carbocycles. The molecule has 0 saturated carbocycles. The summed E-state index contributed by atoms with van der Waals surface area (Å²) in [5.41, 5.74) is 16.8. The first kappa shape index (κ1) is 35.2. The highest BCUT2D eigenvalue weighted by atomic mass is 16.3. The van der Waals surface area contributed by atoms with Crippen LogP contribution in [0, 0.1) is 0 Å². The molecule has 0 atom stereocenters. The van der Waals surface area contributed by atoms with Gasteiger partial charge in [-0.15, -0.1) is 0 Å². The molecular formula is C58H39NO. The summed E-state index contributed by atoms with van der Waals surface area (Å²) < 4.78 is 6.44. The van der Waals surface area contributed by atoms with Crippen molar-refractivity contribution in [3.8, 4) is 55.6 Å². The molecule has 0 bridgehead atoms. The molecule has 11 rings (SSSR count). The summed E-state index contributed by atoms with van der Waals surface area (Å²) in [6, 6.07) is 84.8. The number of rotatable bonds is 8. The number of nitrogens with zero attached hydrogens (tertiary/aromatic N) is 1. The van der Waals surface area contributed by atoms with Crippen LogP contribution >= 0.6 is 0 Å². The molecule has 10 aromatic carbocycles. The van der Waals surface area contributed by atoms with Crippen LogP contribution in [-0.4, -0.2) is 0 Å². The number of hydrogen-bond donors (Lipinski definition) is 0. The van der Waals surface area contributed by atoms with E-state index >= 15 is 0 Å². The van der Waals surface area contributed by atoms with Crippen LogP contribution in [0.4, 0.5) is 17.1 Å². The minimum atomic E-state index is 0.862. The largest absolute Gasteiger partial charge is 0.456 e. The van der Waals surface area contributed by atoms with Crippen LogP contribution in [0.3, 0.4) is 0 Å². The molecule has 0 amide bonds. The van der Waals surface area contributed by atoms with E-state index in [1.165, 1.54) is 55.3 Å². The molecular weight excluding hydrogens is 727 g/mol. The Hall–Kier alpha value is -7.94. The zero-order chi connectivity index (χ0) is 39.8. The van der Waals surface area contributed by atoms with Gasteiger partial charge in [0, 0.05) is 33.9 Å². The van der Waals surface area contributed by atoms with E-state index in [1.54, 1.807) is 0 Å². The second-order valence-corrected chi connectivity index (χ2v) is 15.3. The third-order valence-electron chi connectivity index (χ3n) is 11.7.